The smallest absolute Gasteiger partial charge is 0.0453 e. The normalized spacial score (nSPS) is 12.3. The first-order valence-electron chi connectivity index (χ1n) is 7.74. The molecule has 0 bridgehead atoms. The van der Waals surface area contributed by atoms with Crippen molar-refractivity contribution in [1.29, 1.82) is 0 Å². The van der Waals surface area contributed by atoms with Gasteiger partial charge in [-0.3, -0.25) is 0 Å². The number of hydrogen-bond acceptors (Lipinski definition) is 1. The van der Waals surface area contributed by atoms with E-state index in [1.807, 2.05) is 12.1 Å². The van der Waals surface area contributed by atoms with Crippen LogP contribution in [0.2, 0.25) is 5.02 Å². The Hall–Kier alpha value is -1.31. The van der Waals surface area contributed by atoms with E-state index in [2.05, 4.69) is 55.6 Å². The van der Waals surface area contributed by atoms with E-state index < -0.39 is 0 Å². The summed E-state index contributed by atoms with van der Waals surface area (Å²) in [5.41, 5.74) is 4.00. The van der Waals surface area contributed by atoms with Gasteiger partial charge in [-0.25, -0.2) is 0 Å². The van der Waals surface area contributed by atoms with Gasteiger partial charge in [0.05, 0.1) is 0 Å². The first-order valence-corrected chi connectivity index (χ1v) is 8.12. The number of halogens is 1. The Bertz CT molecular complexity index is 565. The van der Waals surface area contributed by atoms with Gasteiger partial charge in [0.25, 0.3) is 0 Å². The maximum Gasteiger partial charge on any atom is 0.0453 e. The van der Waals surface area contributed by atoms with Crippen LogP contribution in [0.4, 0.5) is 0 Å². The molecule has 2 aromatic carbocycles. The molecule has 1 nitrogen and oxygen atoms in total. The highest BCUT2D eigenvalue weighted by atomic mass is 35.5. The van der Waals surface area contributed by atoms with E-state index in [0.717, 1.165) is 30.8 Å². The average molecular weight is 302 g/mol. The van der Waals surface area contributed by atoms with Crippen LogP contribution in [0.15, 0.2) is 48.5 Å². The summed E-state index contributed by atoms with van der Waals surface area (Å²) >= 11 is 6.37. The fourth-order valence-electron chi connectivity index (χ4n) is 2.63. The zero-order chi connectivity index (χ0) is 15.1. The minimum absolute atomic E-state index is 0.318. The van der Waals surface area contributed by atoms with E-state index in [0.29, 0.717) is 6.04 Å². The number of hydrogen-bond donors (Lipinski definition) is 1. The summed E-state index contributed by atoms with van der Waals surface area (Å²) in [7, 11) is 0. The summed E-state index contributed by atoms with van der Waals surface area (Å²) in [4.78, 5) is 0. The molecule has 0 saturated carbocycles. The van der Waals surface area contributed by atoms with Crippen molar-refractivity contribution in [2.75, 3.05) is 6.54 Å². The molecule has 0 aliphatic heterocycles. The zero-order valence-corrected chi connectivity index (χ0v) is 13.7. The summed E-state index contributed by atoms with van der Waals surface area (Å²) in [5.74, 6) is 0. The van der Waals surface area contributed by atoms with Crippen LogP contribution in [-0.4, -0.2) is 6.54 Å². The third kappa shape index (κ3) is 4.59. The fourth-order valence-corrected chi connectivity index (χ4v) is 2.90. The Labute approximate surface area is 133 Å². The first kappa shape index (κ1) is 16.1. The molecule has 0 heterocycles. The van der Waals surface area contributed by atoms with Gasteiger partial charge < -0.3 is 5.32 Å². The largest absolute Gasteiger partial charge is 0.310 e. The highest BCUT2D eigenvalue weighted by Gasteiger charge is 2.14. The molecule has 0 radical (unpaired) electrons. The molecule has 0 amide bonds. The molecule has 21 heavy (non-hydrogen) atoms. The highest BCUT2D eigenvalue weighted by molar-refractivity contribution is 6.31. The van der Waals surface area contributed by atoms with Crippen molar-refractivity contribution < 1.29 is 0 Å². The van der Waals surface area contributed by atoms with Gasteiger partial charge >= 0.3 is 0 Å². The number of nitrogens with one attached hydrogen (secondary N) is 1. The van der Waals surface area contributed by atoms with Crippen LogP contribution in [0.5, 0.6) is 0 Å². The molecular weight excluding hydrogens is 278 g/mol. The molecule has 1 N–H and O–H groups in total. The van der Waals surface area contributed by atoms with E-state index in [9.17, 15) is 0 Å². The van der Waals surface area contributed by atoms with Gasteiger partial charge in [0.15, 0.2) is 0 Å². The topological polar surface area (TPSA) is 12.0 Å². The van der Waals surface area contributed by atoms with Crippen molar-refractivity contribution in [3.05, 3.63) is 70.2 Å². The summed E-state index contributed by atoms with van der Waals surface area (Å²) < 4.78 is 0. The molecular formula is C19H24ClN. The van der Waals surface area contributed by atoms with Crippen LogP contribution in [0.1, 0.15) is 42.5 Å². The predicted molar refractivity (Wildman–Crippen MR) is 92.0 cm³/mol. The van der Waals surface area contributed by atoms with E-state index in [-0.39, 0.29) is 0 Å². The molecule has 0 aliphatic carbocycles. The van der Waals surface area contributed by atoms with Gasteiger partial charge in [0, 0.05) is 11.1 Å². The molecule has 2 rings (SSSR count). The highest BCUT2D eigenvalue weighted by Crippen LogP contribution is 2.26. The maximum absolute atomic E-state index is 6.37. The first-order chi connectivity index (χ1) is 10.2. The maximum atomic E-state index is 6.37. The van der Waals surface area contributed by atoms with Gasteiger partial charge in [-0.15, -0.1) is 0 Å². The van der Waals surface area contributed by atoms with Crippen molar-refractivity contribution in [2.45, 2.75) is 39.2 Å². The standard InChI is InChI=1S/C19H24ClN/c1-3-14-21-19(17-10-6-7-11-18(17)20)13-12-16-9-5-4-8-15(16)2/h4-11,19,21H,3,12-14H2,1-2H3. The minimum atomic E-state index is 0.318. The molecule has 1 unspecified atom stereocenters. The second-order valence-corrected chi connectivity index (χ2v) is 5.90. The lowest BCUT2D eigenvalue weighted by molar-refractivity contribution is 0.499. The minimum Gasteiger partial charge on any atom is -0.310 e. The molecule has 1 atom stereocenters. The van der Waals surface area contributed by atoms with Crippen molar-refractivity contribution in [3.8, 4) is 0 Å². The van der Waals surface area contributed by atoms with Crippen molar-refractivity contribution in [1.82, 2.24) is 5.32 Å². The summed E-state index contributed by atoms with van der Waals surface area (Å²) in [6, 6.07) is 17.1. The molecule has 112 valence electrons. The van der Waals surface area contributed by atoms with Crippen molar-refractivity contribution in [2.24, 2.45) is 0 Å². The number of rotatable bonds is 7. The third-order valence-electron chi connectivity index (χ3n) is 3.88. The Morgan fingerprint density at radius 1 is 1.05 bits per heavy atom. The Kier molecular flexibility index (Phi) is 6.28. The van der Waals surface area contributed by atoms with Crippen LogP contribution in [-0.2, 0) is 6.42 Å². The Morgan fingerprint density at radius 2 is 1.76 bits per heavy atom. The zero-order valence-electron chi connectivity index (χ0n) is 12.9. The van der Waals surface area contributed by atoms with Gasteiger partial charge in [-0.1, -0.05) is 61.0 Å². The van der Waals surface area contributed by atoms with E-state index >= 15 is 0 Å². The van der Waals surface area contributed by atoms with E-state index in [1.165, 1.54) is 16.7 Å². The second-order valence-electron chi connectivity index (χ2n) is 5.49. The van der Waals surface area contributed by atoms with Gasteiger partial charge in [0.1, 0.15) is 0 Å². The lowest BCUT2D eigenvalue weighted by atomic mass is 9.96. The summed E-state index contributed by atoms with van der Waals surface area (Å²) in [5, 5.41) is 4.49. The third-order valence-corrected chi connectivity index (χ3v) is 4.23. The average Bonchev–Trinajstić information content (AvgIpc) is 2.50. The van der Waals surface area contributed by atoms with E-state index in [1.54, 1.807) is 0 Å². The molecule has 0 saturated heterocycles. The monoisotopic (exact) mass is 301 g/mol. The molecule has 0 aromatic heterocycles. The molecule has 0 fully saturated rings. The van der Waals surface area contributed by atoms with Crippen LogP contribution in [0, 0.1) is 6.92 Å². The second kappa shape index (κ2) is 8.21. The quantitative estimate of drug-likeness (QED) is 0.729. The molecule has 2 aromatic rings. The van der Waals surface area contributed by atoms with Gasteiger partial charge in [-0.2, -0.15) is 0 Å². The lowest BCUT2D eigenvalue weighted by Gasteiger charge is -2.20. The molecule has 2 heteroatoms. The molecule has 0 aliphatic rings. The van der Waals surface area contributed by atoms with E-state index in [4.69, 9.17) is 11.6 Å². The van der Waals surface area contributed by atoms with Crippen LogP contribution in [0.25, 0.3) is 0 Å². The summed E-state index contributed by atoms with van der Waals surface area (Å²) in [6.07, 6.45) is 3.26. The molecule has 0 spiro atoms. The van der Waals surface area contributed by atoms with Crippen molar-refractivity contribution >= 4 is 11.6 Å². The number of benzene rings is 2. The van der Waals surface area contributed by atoms with Gasteiger partial charge in [0.2, 0.25) is 0 Å². The summed E-state index contributed by atoms with van der Waals surface area (Å²) in [6.45, 7) is 5.39. The SMILES string of the molecule is CCCNC(CCc1ccccc1C)c1ccccc1Cl. The Balaban J connectivity index is 2.10. The number of aryl methyl sites for hydroxylation is 2. The fraction of sp³-hybridized carbons (Fsp3) is 0.368. The lowest BCUT2D eigenvalue weighted by Crippen LogP contribution is -2.23. The van der Waals surface area contributed by atoms with Gasteiger partial charge in [-0.05, 0) is 55.5 Å². The van der Waals surface area contributed by atoms with Crippen LogP contribution >= 0.6 is 11.6 Å². The predicted octanol–water partition coefficient (Wildman–Crippen LogP) is 5.32. The van der Waals surface area contributed by atoms with Crippen LogP contribution < -0.4 is 5.32 Å². The van der Waals surface area contributed by atoms with Crippen molar-refractivity contribution in [3.63, 3.8) is 0 Å². The van der Waals surface area contributed by atoms with Crippen LogP contribution in [0.3, 0.4) is 0 Å². The Morgan fingerprint density at radius 3 is 2.48 bits per heavy atom.